The van der Waals surface area contributed by atoms with Crippen LogP contribution in [0.1, 0.15) is 29.2 Å². The fourth-order valence-electron chi connectivity index (χ4n) is 3.66. The zero-order valence-corrected chi connectivity index (χ0v) is 24.0. The van der Waals surface area contributed by atoms with E-state index in [1.807, 2.05) is 43.3 Å². The number of aliphatic carboxylic acids is 1. The van der Waals surface area contributed by atoms with E-state index in [1.54, 1.807) is 12.1 Å². The molecule has 8 nitrogen and oxygen atoms in total. The first-order chi connectivity index (χ1) is 15.2. The number of amides is 2. The van der Waals surface area contributed by atoms with Crippen LogP contribution in [0.3, 0.4) is 0 Å². The summed E-state index contributed by atoms with van der Waals surface area (Å²) < 4.78 is 1.19. The molecule has 34 heavy (non-hydrogen) atoms. The summed E-state index contributed by atoms with van der Waals surface area (Å²) in [5, 5.41) is 28.6. The van der Waals surface area contributed by atoms with E-state index in [1.165, 1.54) is 24.7 Å². The minimum atomic E-state index is -1.35. The largest absolute Gasteiger partial charge is 1.00 e. The van der Waals surface area contributed by atoms with E-state index in [0.29, 0.717) is 11.1 Å². The van der Waals surface area contributed by atoms with Gasteiger partial charge < -0.3 is 30.2 Å². The van der Waals surface area contributed by atoms with Crippen LogP contribution in [-0.4, -0.2) is 16.6 Å². The van der Waals surface area contributed by atoms with Crippen molar-refractivity contribution in [3.8, 4) is 16.9 Å². The number of urea groups is 1. The van der Waals surface area contributed by atoms with E-state index < -0.39 is 41.5 Å². The van der Waals surface area contributed by atoms with Gasteiger partial charge in [-0.05, 0) is 41.7 Å². The number of carbonyl (C=O) groups is 2. The number of aryl methyl sites for hydroxylation is 2. The smallest absolute Gasteiger partial charge is 0.871 e. The number of rotatable bonds is 6. The van der Waals surface area contributed by atoms with Crippen LogP contribution in [0.2, 0.25) is 0 Å². The Morgan fingerprint density at radius 2 is 1.68 bits per heavy atom. The van der Waals surface area contributed by atoms with Gasteiger partial charge in [0.25, 0.3) is 5.56 Å². The van der Waals surface area contributed by atoms with Crippen LogP contribution in [0.25, 0.3) is 11.1 Å². The van der Waals surface area contributed by atoms with Gasteiger partial charge in [0.2, 0.25) is 0 Å². The number of pyridine rings is 1. The number of carboxylic acids is 1. The number of nitrogens with zero attached hydrogens (tertiary/aromatic N) is 1. The van der Waals surface area contributed by atoms with Gasteiger partial charge in [-0.2, -0.15) is 0 Å². The molecule has 0 saturated heterocycles. The van der Waals surface area contributed by atoms with Crippen molar-refractivity contribution in [3.63, 3.8) is 0 Å². The molecule has 0 bridgehead atoms. The molecule has 3 aromatic rings. The molecular formula is C24H23N3Na2O5. The molecule has 2 N–H and O–H groups in total. The molecule has 2 amide bonds. The Labute approximate surface area is 242 Å². The summed E-state index contributed by atoms with van der Waals surface area (Å²) in [6.07, 6.45) is 0.896. The van der Waals surface area contributed by atoms with Crippen LogP contribution in [0.15, 0.2) is 59.5 Å². The van der Waals surface area contributed by atoms with E-state index in [-0.39, 0.29) is 59.1 Å². The fraction of sp³-hybridized carbons (Fsp3) is 0.208. The summed E-state index contributed by atoms with van der Waals surface area (Å²) in [7, 11) is 1.47. The SMILES string of the molecule is Cc1cn(C)c(=O)c(NC(=O)N[C@@H](CC(=O)[O-])c2cccc(-c3ccccc3)c2C)c1[O-].[Na+].[Na+]. The summed E-state index contributed by atoms with van der Waals surface area (Å²) in [5.74, 6) is -1.95. The van der Waals surface area contributed by atoms with Crippen molar-refractivity contribution in [2.45, 2.75) is 26.3 Å². The third kappa shape index (κ3) is 6.97. The van der Waals surface area contributed by atoms with E-state index in [9.17, 15) is 24.6 Å². The molecule has 0 aliphatic heterocycles. The van der Waals surface area contributed by atoms with Gasteiger partial charge in [-0.15, -0.1) is 0 Å². The molecule has 0 radical (unpaired) electrons. The van der Waals surface area contributed by atoms with Gasteiger partial charge in [-0.3, -0.25) is 4.79 Å². The van der Waals surface area contributed by atoms with Gasteiger partial charge in [0.05, 0.1) is 6.04 Å². The summed E-state index contributed by atoms with van der Waals surface area (Å²) in [6.45, 7) is 3.37. The first-order valence-corrected chi connectivity index (χ1v) is 9.98. The number of hydrogen-bond acceptors (Lipinski definition) is 5. The van der Waals surface area contributed by atoms with Gasteiger partial charge in [0, 0.05) is 25.6 Å². The Bertz CT molecular complexity index is 1230. The van der Waals surface area contributed by atoms with Gasteiger partial charge in [-0.25, -0.2) is 4.79 Å². The normalized spacial score (nSPS) is 10.9. The van der Waals surface area contributed by atoms with Crippen molar-refractivity contribution < 1.29 is 78.9 Å². The van der Waals surface area contributed by atoms with E-state index in [4.69, 9.17) is 0 Å². The zero-order valence-electron chi connectivity index (χ0n) is 20.0. The maximum atomic E-state index is 12.6. The summed E-state index contributed by atoms with van der Waals surface area (Å²) in [5.41, 5.74) is 2.46. The second-order valence-corrected chi connectivity index (χ2v) is 7.55. The molecule has 10 heteroatoms. The number of nitrogens with one attached hydrogen (secondary N) is 2. The molecule has 2 aromatic carbocycles. The van der Waals surface area contributed by atoms with Crippen molar-refractivity contribution in [2.75, 3.05) is 5.32 Å². The molecule has 1 aromatic heterocycles. The Hall–Kier alpha value is -2.07. The quantitative estimate of drug-likeness (QED) is 0.347. The number of carboxylic acid groups (broad SMARTS) is 1. The number of hydrogen-bond donors (Lipinski definition) is 2. The third-order valence-electron chi connectivity index (χ3n) is 5.26. The Kier molecular flexibility index (Phi) is 11.6. The van der Waals surface area contributed by atoms with Crippen molar-refractivity contribution in [2.24, 2.45) is 7.05 Å². The zero-order chi connectivity index (χ0) is 23.4. The van der Waals surface area contributed by atoms with E-state index in [0.717, 1.165) is 16.7 Å². The molecule has 1 atom stereocenters. The van der Waals surface area contributed by atoms with Crippen LogP contribution in [-0.2, 0) is 11.8 Å². The Balaban J connectivity index is 0.00000289. The van der Waals surface area contributed by atoms with Gasteiger partial charge >= 0.3 is 65.1 Å². The molecule has 3 rings (SSSR count). The topological polar surface area (TPSA) is 126 Å². The van der Waals surface area contributed by atoms with Crippen molar-refractivity contribution in [1.82, 2.24) is 9.88 Å². The molecule has 0 fully saturated rings. The predicted octanol–water partition coefficient (Wildman–Crippen LogP) is -4.25. The Morgan fingerprint density at radius 1 is 1.03 bits per heavy atom. The molecule has 0 aliphatic carbocycles. The minimum Gasteiger partial charge on any atom is -0.871 e. The monoisotopic (exact) mass is 479 g/mol. The summed E-state index contributed by atoms with van der Waals surface area (Å²) >= 11 is 0. The van der Waals surface area contributed by atoms with Crippen LogP contribution in [0, 0.1) is 13.8 Å². The minimum absolute atomic E-state index is 0. The van der Waals surface area contributed by atoms with Gasteiger partial charge in [-0.1, -0.05) is 54.3 Å². The molecule has 166 valence electrons. The second-order valence-electron chi connectivity index (χ2n) is 7.55. The molecular weight excluding hydrogens is 456 g/mol. The predicted molar refractivity (Wildman–Crippen MR) is 117 cm³/mol. The third-order valence-corrected chi connectivity index (χ3v) is 5.26. The van der Waals surface area contributed by atoms with E-state index >= 15 is 0 Å². The second kappa shape index (κ2) is 13.1. The summed E-state index contributed by atoms with van der Waals surface area (Å²) in [4.78, 5) is 36.3. The van der Waals surface area contributed by atoms with Crippen LogP contribution in [0.5, 0.6) is 5.75 Å². The summed E-state index contributed by atoms with van der Waals surface area (Å²) in [6, 6.07) is 13.2. The van der Waals surface area contributed by atoms with E-state index in [2.05, 4.69) is 10.6 Å². The van der Waals surface area contributed by atoms with Gasteiger partial charge in [0.1, 0.15) is 5.69 Å². The maximum absolute atomic E-state index is 12.6. The molecule has 0 spiro atoms. The Morgan fingerprint density at radius 3 is 2.29 bits per heavy atom. The molecule has 0 saturated carbocycles. The van der Waals surface area contributed by atoms with Crippen molar-refractivity contribution in [1.29, 1.82) is 0 Å². The first kappa shape index (κ1) is 30.0. The average Bonchev–Trinajstić information content (AvgIpc) is 2.75. The molecule has 0 aliphatic rings. The first-order valence-electron chi connectivity index (χ1n) is 9.98. The average molecular weight is 479 g/mol. The molecule has 0 unspecified atom stereocenters. The maximum Gasteiger partial charge on any atom is 1.00 e. The van der Waals surface area contributed by atoms with Crippen LogP contribution >= 0.6 is 0 Å². The number of benzene rings is 2. The van der Waals surface area contributed by atoms with Crippen LogP contribution in [0.4, 0.5) is 10.5 Å². The fourth-order valence-corrected chi connectivity index (χ4v) is 3.66. The standard InChI is InChI=1S/C24H25N3O5.2Na/c1-14-13-27(3)23(31)21(22(14)30)26-24(32)25-19(12-20(28)29)18-11-7-10-17(15(18)2)16-8-5-4-6-9-16;;/h4-11,13,19,30H,12H2,1-3H3,(H,28,29)(H2,25,26,32);;/q;2*+1/p-2/t19-;;/m0../s1. The molecule has 1 heterocycles. The number of anilines is 1. The number of carbonyl (C=O) groups excluding carboxylic acids is 2. The van der Waals surface area contributed by atoms with Crippen molar-refractivity contribution >= 4 is 17.7 Å². The van der Waals surface area contributed by atoms with Gasteiger partial charge in [0.15, 0.2) is 0 Å². The number of aromatic nitrogens is 1. The van der Waals surface area contributed by atoms with Crippen LogP contribution < -0.4 is 85.5 Å². The van der Waals surface area contributed by atoms with Crippen molar-refractivity contribution in [3.05, 3.63) is 81.8 Å².